The van der Waals surface area contributed by atoms with Gasteiger partial charge in [-0.3, -0.25) is 0 Å². The minimum absolute atomic E-state index is 0.335. The number of carbonyl (C=O) groups is 1. The summed E-state index contributed by atoms with van der Waals surface area (Å²) in [5, 5.41) is 0. The van der Waals surface area contributed by atoms with Crippen molar-refractivity contribution in [3.63, 3.8) is 0 Å². The lowest BCUT2D eigenvalue weighted by molar-refractivity contribution is -0.139. The quantitative estimate of drug-likeness (QED) is 0.0516. The highest BCUT2D eigenvalue weighted by atomic mass is 28.4. The van der Waals surface area contributed by atoms with Crippen LogP contribution in [0.3, 0.4) is 0 Å². The standard InChI is InChI=1S/C28H56O5Si/c1-6-9-12-15-18-23-31-34(32-24-19-16-13-10-7-2,33-25-20-17-14-11-8-3)26-21-22-30-28(29)27(4)5/h4,6-26H2,1-3,5H3. The summed E-state index contributed by atoms with van der Waals surface area (Å²) in [5.41, 5.74) is 0.429. The van der Waals surface area contributed by atoms with Crippen molar-refractivity contribution >= 4 is 14.8 Å². The molecule has 6 heteroatoms. The molecule has 0 bridgehead atoms. The topological polar surface area (TPSA) is 54.0 Å². The Kier molecular flexibility index (Phi) is 23.5. The number of carbonyl (C=O) groups excluding carboxylic acids is 1. The van der Waals surface area contributed by atoms with Gasteiger partial charge in [-0.15, -0.1) is 0 Å². The van der Waals surface area contributed by atoms with Gasteiger partial charge in [-0.1, -0.05) is 104 Å². The molecule has 0 aromatic rings. The summed E-state index contributed by atoms with van der Waals surface area (Å²) in [5.74, 6) is -0.335. The third kappa shape index (κ3) is 19.6. The van der Waals surface area contributed by atoms with Crippen LogP contribution in [0.2, 0.25) is 6.04 Å². The van der Waals surface area contributed by atoms with Crippen molar-refractivity contribution in [1.82, 2.24) is 0 Å². The van der Waals surface area contributed by atoms with E-state index in [9.17, 15) is 4.79 Å². The fourth-order valence-electron chi connectivity index (χ4n) is 3.72. The van der Waals surface area contributed by atoms with E-state index in [1.54, 1.807) is 6.92 Å². The molecule has 0 amide bonds. The molecular formula is C28H56O5Si. The summed E-state index contributed by atoms with van der Waals surface area (Å²) < 4.78 is 24.7. The van der Waals surface area contributed by atoms with Gasteiger partial charge in [0, 0.05) is 31.4 Å². The fraction of sp³-hybridized carbons (Fsp3) is 0.893. The van der Waals surface area contributed by atoms with E-state index in [0.29, 0.717) is 44.5 Å². The van der Waals surface area contributed by atoms with Crippen LogP contribution in [0, 0.1) is 0 Å². The van der Waals surface area contributed by atoms with Crippen LogP contribution in [0.15, 0.2) is 12.2 Å². The first-order valence-electron chi connectivity index (χ1n) is 14.3. The summed E-state index contributed by atoms with van der Waals surface area (Å²) in [6.07, 6.45) is 18.7. The van der Waals surface area contributed by atoms with Crippen molar-refractivity contribution in [2.45, 2.75) is 136 Å². The number of hydrogen-bond acceptors (Lipinski definition) is 5. The molecule has 0 aromatic carbocycles. The Labute approximate surface area is 212 Å². The molecule has 0 aliphatic carbocycles. The Bertz CT molecular complexity index is 443. The lowest BCUT2D eigenvalue weighted by atomic mass is 10.2. The van der Waals surface area contributed by atoms with Crippen LogP contribution in [0.25, 0.3) is 0 Å². The van der Waals surface area contributed by atoms with Gasteiger partial charge in [0.05, 0.1) is 6.61 Å². The monoisotopic (exact) mass is 500 g/mol. The van der Waals surface area contributed by atoms with Gasteiger partial charge < -0.3 is 18.0 Å². The third-order valence-electron chi connectivity index (χ3n) is 5.92. The first kappa shape index (κ1) is 33.3. The van der Waals surface area contributed by atoms with Crippen LogP contribution in [0.1, 0.15) is 130 Å². The minimum atomic E-state index is -2.81. The largest absolute Gasteiger partial charge is 0.501 e. The van der Waals surface area contributed by atoms with E-state index < -0.39 is 8.80 Å². The Morgan fingerprint density at radius 2 is 0.971 bits per heavy atom. The second-order valence-corrected chi connectivity index (χ2v) is 12.2. The molecule has 0 N–H and O–H groups in total. The van der Waals surface area contributed by atoms with E-state index in [1.807, 2.05) is 0 Å². The molecule has 0 rings (SSSR count). The second-order valence-electron chi connectivity index (χ2n) is 9.49. The molecule has 0 aliphatic rings. The summed E-state index contributed by atoms with van der Waals surface area (Å²) in [4.78, 5) is 11.8. The normalized spacial score (nSPS) is 11.6. The summed E-state index contributed by atoms with van der Waals surface area (Å²) in [6.45, 7) is 14.4. The van der Waals surface area contributed by atoms with Crippen LogP contribution in [0.4, 0.5) is 0 Å². The predicted octanol–water partition coefficient (Wildman–Crippen LogP) is 8.40. The van der Waals surface area contributed by atoms with E-state index in [2.05, 4.69) is 27.4 Å². The number of unbranched alkanes of at least 4 members (excludes halogenated alkanes) is 12. The maximum Gasteiger partial charge on any atom is 0.501 e. The molecule has 34 heavy (non-hydrogen) atoms. The zero-order valence-electron chi connectivity index (χ0n) is 23.1. The second kappa shape index (κ2) is 24.0. The number of ether oxygens (including phenoxy) is 1. The lowest BCUT2D eigenvalue weighted by Gasteiger charge is -2.30. The Morgan fingerprint density at radius 1 is 0.588 bits per heavy atom. The molecule has 0 fully saturated rings. The predicted molar refractivity (Wildman–Crippen MR) is 145 cm³/mol. The zero-order valence-corrected chi connectivity index (χ0v) is 24.1. The smallest absolute Gasteiger partial charge is 0.462 e. The molecule has 0 unspecified atom stereocenters. The van der Waals surface area contributed by atoms with E-state index >= 15 is 0 Å². The van der Waals surface area contributed by atoms with Gasteiger partial charge in [-0.25, -0.2) is 4.79 Å². The number of esters is 1. The van der Waals surface area contributed by atoms with Gasteiger partial charge in [0.1, 0.15) is 0 Å². The van der Waals surface area contributed by atoms with Gasteiger partial charge in [0.25, 0.3) is 0 Å². The minimum Gasteiger partial charge on any atom is -0.462 e. The maximum atomic E-state index is 11.8. The highest BCUT2D eigenvalue weighted by Crippen LogP contribution is 2.21. The summed E-state index contributed by atoms with van der Waals surface area (Å²) in [7, 11) is -2.81. The molecule has 0 radical (unpaired) electrons. The molecule has 0 atom stereocenters. The zero-order chi connectivity index (χ0) is 25.3. The molecule has 202 valence electrons. The molecule has 5 nitrogen and oxygen atoms in total. The van der Waals surface area contributed by atoms with Crippen molar-refractivity contribution < 1.29 is 22.8 Å². The van der Waals surface area contributed by atoms with Gasteiger partial charge in [-0.2, -0.15) is 0 Å². The van der Waals surface area contributed by atoms with E-state index in [1.165, 1.54) is 77.0 Å². The highest BCUT2D eigenvalue weighted by Gasteiger charge is 2.40. The summed E-state index contributed by atoms with van der Waals surface area (Å²) in [6, 6.07) is 0.690. The SMILES string of the molecule is C=C(C)C(=O)OCCC[Si](OCCCCCCC)(OCCCCCCC)OCCCCCCC. The van der Waals surface area contributed by atoms with Crippen LogP contribution < -0.4 is 0 Å². The van der Waals surface area contributed by atoms with Crippen LogP contribution >= 0.6 is 0 Å². The molecule has 0 saturated heterocycles. The van der Waals surface area contributed by atoms with Gasteiger partial charge in [0.15, 0.2) is 0 Å². The van der Waals surface area contributed by atoms with Crippen LogP contribution in [-0.4, -0.2) is 41.2 Å². The molecule has 0 saturated carbocycles. The fourth-order valence-corrected chi connectivity index (χ4v) is 6.34. The van der Waals surface area contributed by atoms with Crippen molar-refractivity contribution in [2.24, 2.45) is 0 Å². The molecular weight excluding hydrogens is 444 g/mol. The van der Waals surface area contributed by atoms with Crippen LogP contribution in [-0.2, 0) is 22.8 Å². The Balaban J connectivity index is 4.90. The Morgan fingerprint density at radius 3 is 1.32 bits per heavy atom. The van der Waals surface area contributed by atoms with E-state index in [0.717, 1.165) is 19.3 Å². The average Bonchev–Trinajstić information content (AvgIpc) is 2.83. The van der Waals surface area contributed by atoms with Crippen molar-refractivity contribution in [1.29, 1.82) is 0 Å². The highest BCUT2D eigenvalue weighted by molar-refractivity contribution is 6.60. The average molecular weight is 501 g/mol. The molecule has 0 aliphatic heterocycles. The van der Waals surface area contributed by atoms with Crippen molar-refractivity contribution in [3.05, 3.63) is 12.2 Å². The number of rotatable bonds is 26. The van der Waals surface area contributed by atoms with Gasteiger partial charge in [0.2, 0.25) is 0 Å². The van der Waals surface area contributed by atoms with Gasteiger partial charge in [-0.05, 0) is 32.6 Å². The first-order valence-corrected chi connectivity index (χ1v) is 16.2. The molecule has 0 spiro atoms. The maximum absolute atomic E-state index is 11.8. The lowest BCUT2D eigenvalue weighted by Crippen LogP contribution is -2.47. The van der Waals surface area contributed by atoms with Crippen LogP contribution in [0.5, 0.6) is 0 Å². The first-order chi connectivity index (χ1) is 16.5. The number of hydrogen-bond donors (Lipinski definition) is 0. The van der Waals surface area contributed by atoms with Crippen molar-refractivity contribution in [3.8, 4) is 0 Å². The van der Waals surface area contributed by atoms with E-state index in [4.69, 9.17) is 18.0 Å². The third-order valence-corrected chi connectivity index (χ3v) is 8.82. The van der Waals surface area contributed by atoms with E-state index in [-0.39, 0.29) is 5.97 Å². The Hall–Kier alpha value is -0.693. The molecule has 0 heterocycles. The summed E-state index contributed by atoms with van der Waals surface area (Å²) >= 11 is 0. The molecule has 0 aromatic heterocycles. The van der Waals surface area contributed by atoms with Crippen molar-refractivity contribution in [2.75, 3.05) is 26.4 Å². The van der Waals surface area contributed by atoms with Gasteiger partial charge >= 0.3 is 14.8 Å².